The SMILES string of the molecule is Cn1cncc1Cn1ccc2cc([N+](=O)[O-])ccc21. The number of aryl methyl sites for hydroxylation is 1. The van der Waals surface area contributed by atoms with E-state index in [4.69, 9.17) is 0 Å². The van der Waals surface area contributed by atoms with E-state index in [1.54, 1.807) is 18.5 Å². The number of imidazole rings is 1. The Morgan fingerprint density at radius 1 is 1.37 bits per heavy atom. The maximum atomic E-state index is 10.7. The largest absolute Gasteiger partial charge is 0.341 e. The van der Waals surface area contributed by atoms with E-state index in [9.17, 15) is 10.1 Å². The first-order valence-electron chi connectivity index (χ1n) is 5.83. The van der Waals surface area contributed by atoms with Crippen LogP contribution >= 0.6 is 0 Å². The minimum atomic E-state index is -0.377. The maximum Gasteiger partial charge on any atom is 0.270 e. The van der Waals surface area contributed by atoms with Gasteiger partial charge in [0, 0.05) is 42.5 Å². The lowest BCUT2D eigenvalue weighted by Gasteiger charge is -2.05. The van der Waals surface area contributed by atoms with Crippen molar-refractivity contribution in [2.45, 2.75) is 6.54 Å². The highest BCUT2D eigenvalue weighted by Crippen LogP contribution is 2.22. The highest BCUT2D eigenvalue weighted by Gasteiger charge is 2.09. The van der Waals surface area contributed by atoms with Gasteiger partial charge < -0.3 is 9.13 Å². The lowest BCUT2D eigenvalue weighted by Crippen LogP contribution is -2.02. The van der Waals surface area contributed by atoms with E-state index in [2.05, 4.69) is 9.55 Å². The number of non-ortho nitro benzene ring substituents is 1. The molecule has 0 spiro atoms. The summed E-state index contributed by atoms with van der Waals surface area (Å²) in [6.07, 6.45) is 5.50. The quantitative estimate of drug-likeness (QED) is 0.533. The molecule has 6 nitrogen and oxygen atoms in total. The summed E-state index contributed by atoms with van der Waals surface area (Å²) >= 11 is 0. The summed E-state index contributed by atoms with van der Waals surface area (Å²) in [5, 5.41) is 11.6. The zero-order valence-electron chi connectivity index (χ0n) is 10.4. The summed E-state index contributed by atoms with van der Waals surface area (Å²) in [6.45, 7) is 0.692. The van der Waals surface area contributed by atoms with Crippen LogP contribution in [0.15, 0.2) is 43.0 Å². The second-order valence-electron chi connectivity index (χ2n) is 4.44. The van der Waals surface area contributed by atoms with Gasteiger partial charge in [-0.25, -0.2) is 4.98 Å². The Morgan fingerprint density at radius 2 is 2.21 bits per heavy atom. The summed E-state index contributed by atoms with van der Waals surface area (Å²) in [6, 6.07) is 6.79. The fraction of sp³-hybridized carbons (Fsp3) is 0.154. The molecule has 0 saturated heterocycles. The topological polar surface area (TPSA) is 65.9 Å². The Balaban J connectivity index is 2.02. The molecule has 0 radical (unpaired) electrons. The second-order valence-corrected chi connectivity index (χ2v) is 4.44. The van der Waals surface area contributed by atoms with Gasteiger partial charge in [0.15, 0.2) is 0 Å². The number of fused-ring (bicyclic) bond motifs is 1. The molecule has 2 heterocycles. The van der Waals surface area contributed by atoms with Crippen LogP contribution in [0.3, 0.4) is 0 Å². The van der Waals surface area contributed by atoms with E-state index in [1.165, 1.54) is 6.07 Å². The molecule has 2 aromatic heterocycles. The molecule has 96 valence electrons. The molecule has 0 N–H and O–H groups in total. The van der Waals surface area contributed by atoms with Crippen molar-refractivity contribution in [2.75, 3.05) is 0 Å². The fourth-order valence-corrected chi connectivity index (χ4v) is 2.15. The number of nitrogens with zero attached hydrogens (tertiary/aromatic N) is 4. The molecule has 0 unspecified atom stereocenters. The molecule has 3 rings (SSSR count). The minimum absolute atomic E-state index is 0.116. The van der Waals surface area contributed by atoms with Crippen LogP contribution in [0, 0.1) is 10.1 Å². The van der Waals surface area contributed by atoms with Gasteiger partial charge in [-0.15, -0.1) is 0 Å². The van der Waals surface area contributed by atoms with Gasteiger partial charge >= 0.3 is 0 Å². The average Bonchev–Trinajstić information content (AvgIpc) is 2.97. The normalized spacial score (nSPS) is 11.0. The predicted octanol–water partition coefficient (Wildman–Crippen LogP) is 2.33. The first-order chi connectivity index (χ1) is 9.15. The maximum absolute atomic E-state index is 10.7. The predicted molar refractivity (Wildman–Crippen MR) is 70.9 cm³/mol. The van der Waals surface area contributed by atoms with Gasteiger partial charge in [-0.1, -0.05) is 0 Å². The highest BCUT2D eigenvalue weighted by atomic mass is 16.6. The minimum Gasteiger partial charge on any atom is -0.341 e. The van der Waals surface area contributed by atoms with Crippen molar-refractivity contribution >= 4 is 16.6 Å². The van der Waals surface area contributed by atoms with Crippen molar-refractivity contribution < 1.29 is 4.92 Å². The number of hydrogen-bond acceptors (Lipinski definition) is 3. The molecule has 0 atom stereocenters. The van der Waals surface area contributed by atoms with E-state index >= 15 is 0 Å². The number of nitro groups is 1. The summed E-state index contributed by atoms with van der Waals surface area (Å²) in [5.74, 6) is 0. The van der Waals surface area contributed by atoms with Gasteiger partial charge in [-0.2, -0.15) is 0 Å². The van der Waals surface area contributed by atoms with E-state index < -0.39 is 0 Å². The van der Waals surface area contributed by atoms with E-state index in [0.29, 0.717) is 6.54 Å². The third kappa shape index (κ3) is 1.97. The first kappa shape index (κ1) is 11.5. The molecular weight excluding hydrogens is 244 g/mol. The van der Waals surface area contributed by atoms with Crippen LogP contribution < -0.4 is 0 Å². The third-order valence-corrected chi connectivity index (χ3v) is 3.21. The van der Waals surface area contributed by atoms with Gasteiger partial charge in [0.2, 0.25) is 0 Å². The van der Waals surface area contributed by atoms with Crippen molar-refractivity contribution in [3.8, 4) is 0 Å². The second kappa shape index (κ2) is 4.24. The molecule has 0 aliphatic carbocycles. The van der Waals surface area contributed by atoms with E-state index in [1.807, 2.05) is 30.1 Å². The first-order valence-corrected chi connectivity index (χ1v) is 5.83. The molecule has 0 fully saturated rings. The van der Waals surface area contributed by atoms with Crippen molar-refractivity contribution in [2.24, 2.45) is 7.05 Å². The van der Waals surface area contributed by atoms with Crippen LogP contribution in [0.25, 0.3) is 10.9 Å². The number of nitro benzene ring substituents is 1. The zero-order chi connectivity index (χ0) is 13.4. The monoisotopic (exact) mass is 256 g/mol. The highest BCUT2D eigenvalue weighted by molar-refractivity contribution is 5.82. The third-order valence-electron chi connectivity index (χ3n) is 3.21. The van der Waals surface area contributed by atoms with Crippen LogP contribution in [0.5, 0.6) is 0 Å². The Kier molecular flexibility index (Phi) is 2.56. The number of hydrogen-bond donors (Lipinski definition) is 0. The van der Waals surface area contributed by atoms with Crippen LogP contribution in [0.2, 0.25) is 0 Å². The molecule has 19 heavy (non-hydrogen) atoms. The van der Waals surface area contributed by atoms with Gasteiger partial charge in [0.05, 0.1) is 23.5 Å². The summed E-state index contributed by atoms with van der Waals surface area (Å²) < 4.78 is 4.01. The lowest BCUT2D eigenvalue weighted by atomic mass is 10.2. The Labute approximate surface area is 109 Å². The zero-order valence-corrected chi connectivity index (χ0v) is 10.4. The Bertz CT molecular complexity index is 757. The number of benzene rings is 1. The molecule has 6 heteroatoms. The van der Waals surface area contributed by atoms with E-state index in [-0.39, 0.29) is 10.6 Å². The molecular formula is C13H12N4O2. The summed E-state index contributed by atoms with van der Waals surface area (Å²) in [4.78, 5) is 14.4. The molecule has 3 aromatic rings. The number of rotatable bonds is 3. The Hall–Kier alpha value is -2.63. The molecule has 1 aromatic carbocycles. The van der Waals surface area contributed by atoms with Gasteiger partial charge in [-0.3, -0.25) is 10.1 Å². The summed E-state index contributed by atoms with van der Waals surface area (Å²) in [7, 11) is 1.94. The van der Waals surface area contributed by atoms with Gasteiger partial charge in [0.1, 0.15) is 0 Å². The fourth-order valence-electron chi connectivity index (χ4n) is 2.15. The van der Waals surface area contributed by atoms with E-state index in [0.717, 1.165) is 16.6 Å². The molecule has 0 aliphatic rings. The number of aromatic nitrogens is 3. The standard InChI is InChI=1S/C13H12N4O2/c1-15-9-14-7-12(15)8-16-5-4-10-6-11(17(18)19)2-3-13(10)16/h2-7,9H,8H2,1H3. The molecule has 0 aliphatic heterocycles. The van der Waals surface area contributed by atoms with Crippen molar-refractivity contribution in [3.63, 3.8) is 0 Å². The van der Waals surface area contributed by atoms with Crippen LogP contribution in [-0.2, 0) is 13.6 Å². The van der Waals surface area contributed by atoms with Crippen LogP contribution in [-0.4, -0.2) is 19.0 Å². The lowest BCUT2D eigenvalue weighted by molar-refractivity contribution is -0.384. The molecule has 0 amide bonds. The van der Waals surface area contributed by atoms with Gasteiger partial charge in [-0.05, 0) is 12.1 Å². The smallest absolute Gasteiger partial charge is 0.270 e. The molecule has 0 bridgehead atoms. The van der Waals surface area contributed by atoms with Crippen LogP contribution in [0.4, 0.5) is 5.69 Å². The summed E-state index contributed by atoms with van der Waals surface area (Å²) in [5.41, 5.74) is 2.17. The molecule has 0 saturated carbocycles. The van der Waals surface area contributed by atoms with Crippen molar-refractivity contribution in [1.29, 1.82) is 0 Å². The van der Waals surface area contributed by atoms with Crippen molar-refractivity contribution in [1.82, 2.24) is 14.1 Å². The van der Waals surface area contributed by atoms with Gasteiger partial charge in [0.25, 0.3) is 5.69 Å². The average molecular weight is 256 g/mol. The Morgan fingerprint density at radius 3 is 2.89 bits per heavy atom. The van der Waals surface area contributed by atoms with Crippen LogP contribution in [0.1, 0.15) is 5.69 Å². The van der Waals surface area contributed by atoms with Crippen molar-refractivity contribution in [3.05, 3.63) is 58.8 Å².